The lowest BCUT2D eigenvalue weighted by Gasteiger charge is -2.35. The smallest absolute Gasteiger partial charge is 0.242 e. The summed E-state index contributed by atoms with van der Waals surface area (Å²) in [7, 11) is 0. The number of hydrazine groups is 1. The molecule has 1 heterocycles. The lowest BCUT2D eigenvalue weighted by atomic mass is 9.96. The van der Waals surface area contributed by atoms with Gasteiger partial charge in [-0.25, -0.2) is 10.8 Å². The van der Waals surface area contributed by atoms with Crippen molar-refractivity contribution in [1.29, 1.82) is 0 Å². The van der Waals surface area contributed by atoms with E-state index in [1.165, 1.54) is 19.3 Å². The molecule has 2 fully saturated rings. The molecule has 1 unspecified atom stereocenters. The van der Waals surface area contributed by atoms with Crippen molar-refractivity contribution in [3.05, 3.63) is 0 Å². The monoisotopic (exact) mass is 253 g/mol. The average Bonchev–Trinajstić information content (AvgIpc) is 2.41. The Morgan fingerprint density at radius 3 is 2.83 bits per heavy atom. The quantitative estimate of drug-likeness (QED) is 0.265. The average molecular weight is 253 g/mol. The molecule has 102 valence electrons. The maximum atomic E-state index is 11.6. The molecule has 2 aliphatic rings. The number of rotatable bonds is 1. The van der Waals surface area contributed by atoms with Crippen LogP contribution < -0.4 is 16.6 Å². The zero-order valence-corrected chi connectivity index (χ0v) is 11.0. The van der Waals surface area contributed by atoms with E-state index < -0.39 is 0 Å². The minimum absolute atomic E-state index is 0.0350. The van der Waals surface area contributed by atoms with E-state index in [9.17, 15) is 4.79 Å². The summed E-state index contributed by atoms with van der Waals surface area (Å²) in [5.41, 5.74) is 2.67. The van der Waals surface area contributed by atoms with Crippen LogP contribution in [0.2, 0.25) is 0 Å². The molecule has 6 nitrogen and oxygen atoms in total. The summed E-state index contributed by atoms with van der Waals surface area (Å²) < 4.78 is 0. The maximum Gasteiger partial charge on any atom is 0.242 e. The molecule has 1 amide bonds. The highest BCUT2D eigenvalue weighted by Gasteiger charge is 2.28. The molecule has 6 heteroatoms. The third kappa shape index (κ3) is 2.93. The molecule has 1 atom stereocenters. The van der Waals surface area contributed by atoms with Gasteiger partial charge in [-0.05, 0) is 19.8 Å². The summed E-state index contributed by atoms with van der Waals surface area (Å²) in [6.45, 7) is 3.28. The molecule has 1 saturated carbocycles. The van der Waals surface area contributed by atoms with Crippen molar-refractivity contribution in [2.45, 2.75) is 51.1 Å². The van der Waals surface area contributed by atoms with Gasteiger partial charge < -0.3 is 10.2 Å². The van der Waals surface area contributed by atoms with Crippen molar-refractivity contribution in [2.24, 2.45) is 10.8 Å². The number of nitrogens with two attached hydrogens (primary N) is 1. The fourth-order valence-corrected chi connectivity index (χ4v) is 2.65. The molecule has 0 aromatic heterocycles. The van der Waals surface area contributed by atoms with Gasteiger partial charge in [0.1, 0.15) is 6.04 Å². The van der Waals surface area contributed by atoms with Crippen LogP contribution in [0.1, 0.15) is 39.0 Å². The number of nitrogens with zero attached hydrogens (tertiary/aromatic N) is 2. The normalized spacial score (nSPS) is 27.0. The lowest BCUT2D eigenvalue weighted by Crippen LogP contribution is -2.60. The van der Waals surface area contributed by atoms with Gasteiger partial charge in [-0.1, -0.05) is 19.3 Å². The van der Waals surface area contributed by atoms with Crippen LogP contribution in [0, 0.1) is 0 Å². The minimum Gasteiger partial charge on any atom is -0.353 e. The SMILES string of the molecule is CC1C(=O)NCCN1C(=NC1CCCCC1)NN. The van der Waals surface area contributed by atoms with Gasteiger partial charge >= 0.3 is 0 Å². The predicted octanol–water partition coefficient (Wildman–Crippen LogP) is -0.0413. The number of amides is 1. The highest BCUT2D eigenvalue weighted by atomic mass is 16.2. The van der Waals surface area contributed by atoms with Crippen molar-refractivity contribution in [3.63, 3.8) is 0 Å². The van der Waals surface area contributed by atoms with Crippen LogP contribution >= 0.6 is 0 Å². The first kappa shape index (κ1) is 13.1. The first-order valence-electron chi connectivity index (χ1n) is 6.81. The Kier molecular flexibility index (Phi) is 4.41. The number of hydrogen-bond donors (Lipinski definition) is 3. The summed E-state index contributed by atoms with van der Waals surface area (Å²) in [4.78, 5) is 18.3. The van der Waals surface area contributed by atoms with Gasteiger partial charge in [0.2, 0.25) is 11.9 Å². The number of piperazine rings is 1. The molecule has 18 heavy (non-hydrogen) atoms. The van der Waals surface area contributed by atoms with Crippen LogP contribution in [0.5, 0.6) is 0 Å². The highest BCUT2D eigenvalue weighted by molar-refractivity contribution is 5.89. The lowest BCUT2D eigenvalue weighted by molar-refractivity contribution is -0.126. The van der Waals surface area contributed by atoms with Gasteiger partial charge in [-0.2, -0.15) is 0 Å². The molecule has 0 radical (unpaired) electrons. The van der Waals surface area contributed by atoms with Crippen LogP contribution in [-0.4, -0.2) is 41.9 Å². The Hall–Kier alpha value is -1.30. The molecule has 4 N–H and O–H groups in total. The Bertz CT molecular complexity index is 324. The van der Waals surface area contributed by atoms with E-state index in [0.29, 0.717) is 18.5 Å². The second kappa shape index (κ2) is 6.04. The number of hydrogen-bond acceptors (Lipinski definition) is 3. The van der Waals surface area contributed by atoms with E-state index in [1.54, 1.807) is 0 Å². The number of carbonyl (C=O) groups is 1. The molecular weight excluding hydrogens is 230 g/mol. The Labute approximate surface area is 108 Å². The molecule has 0 spiro atoms. The van der Waals surface area contributed by atoms with Crippen LogP contribution in [0.25, 0.3) is 0 Å². The molecule has 1 saturated heterocycles. The molecule has 1 aliphatic heterocycles. The predicted molar refractivity (Wildman–Crippen MR) is 70.8 cm³/mol. The maximum absolute atomic E-state index is 11.6. The van der Waals surface area contributed by atoms with E-state index in [0.717, 1.165) is 19.4 Å². The van der Waals surface area contributed by atoms with Gasteiger partial charge in [0.15, 0.2) is 0 Å². The first-order chi connectivity index (χ1) is 8.72. The van der Waals surface area contributed by atoms with E-state index in [4.69, 9.17) is 5.84 Å². The van der Waals surface area contributed by atoms with Gasteiger partial charge in [-0.3, -0.25) is 10.2 Å². The molecule has 0 aromatic rings. The van der Waals surface area contributed by atoms with Crippen LogP contribution in [0.4, 0.5) is 0 Å². The van der Waals surface area contributed by atoms with Crippen LogP contribution in [0.15, 0.2) is 4.99 Å². The Morgan fingerprint density at radius 2 is 2.17 bits per heavy atom. The van der Waals surface area contributed by atoms with Crippen molar-refractivity contribution in [2.75, 3.05) is 13.1 Å². The number of carbonyl (C=O) groups excluding carboxylic acids is 1. The van der Waals surface area contributed by atoms with Crippen molar-refractivity contribution < 1.29 is 4.79 Å². The molecular formula is C12H23N5O. The zero-order valence-electron chi connectivity index (χ0n) is 11.0. The standard InChI is InChI=1S/C12H23N5O/c1-9-11(18)14-7-8-17(9)12(16-13)15-10-5-3-2-4-6-10/h9-10H,2-8,13H2,1H3,(H,14,18)(H,15,16). The fraction of sp³-hybridized carbons (Fsp3) is 0.833. The Balaban J connectivity index is 2.06. The van der Waals surface area contributed by atoms with E-state index >= 15 is 0 Å². The van der Waals surface area contributed by atoms with E-state index in [-0.39, 0.29) is 11.9 Å². The van der Waals surface area contributed by atoms with Crippen LogP contribution in [-0.2, 0) is 4.79 Å². The number of aliphatic imine (C=N–C) groups is 1. The first-order valence-corrected chi connectivity index (χ1v) is 6.81. The summed E-state index contributed by atoms with van der Waals surface area (Å²) in [6, 6.07) is 0.138. The summed E-state index contributed by atoms with van der Waals surface area (Å²) in [5, 5.41) is 2.84. The molecule has 0 bridgehead atoms. The van der Waals surface area contributed by atoms with Gasteiger partial charge in [0.05, 0.1) is 6.04 Å². The summed E-state index contributed by atoms with van der Waals surface area (Å²) in [6.07, 6.45) is 6.03. The zero-order chi connectivity index (χ0) is 13.0. The van der Waals surface area contributed by atoms with Crippen molar-refractivity contribution in [1.82, 2.24) is 15.6 Å². The fourth-order valence-electron chi connectivity index (χ4n) is 2.65. The van der Waals surface area contributed by atoms with E-state index in [1.807, 2.05) is 11.8 Å². The van der Waals surface area contributed by atoms with Gasteiger partial charge in [0.25, 0.3) is 0 Å². The van der Waals surface area contributed by atoms with Gasteiger partial charge in [0, 0.05) is 13.1 Å². The largest absolute Gasteiger partial charge is 0.353 e. The van der Waals surface area contributed by atoms with Crippen LogP contribution in [0.3, 0.4) is 0 Å². The second-order valence-electron chi connectivity index (χ2n) is 5.05. The van der Waals surface area contributed by atoms with Gasteiger partial charge in [-0.15, -0.1) is 0 Å². The molecule has 0 aromatic carbocycles. The summed E-state index contributed by atoms with van der Waals surface area (Å²) in [5.74, 6) is 6.27. The van der Waals surface area contributed by atoms with Crippen molar-refractivity contribution in [3.8, 4) is 0 Å². The molecule has 2 rings (SSSR count). The van der Waals surface area contributed by atoms with E-state index in [2.05, 4.69) is 15.7 Å². The summed E-state index contributed by atoms with van der Waals surface area (Å²) >= 11 is 0. The molecule has 1 aliphatic carbocycles. The van der Waals surface area contributed by atoms with Crippen molar-refractivity contribution >= 4 is 11.9 Å². The second-order valence-corrected chi connectivity index (χ2v) is 5.05. The topological polar surface area (TPSA) is 82.8 Å². The number of guanidine groups is 1. The highest BCUT2D eigenvalue weighted by Crippen LogP contribution is 2.20. The third-order valence-electron chi connectivity index (χ3n) is 3.78. The number of nitrogens with one attached hydrogen (secondary N) is 2. The third-order valence-corrected chi connectivity index (χ3v) is 3.78. The minimum atomic E-state index is -0.211. The Morgan fingerprint density at radius 1 is 1.44 bits per heavy atom.